The molecule has 0 N–H and O–H groups in total. The van der Waals surface area contributed by atoms with E-state index in [4.69, 9.17) is 10.1 Å². The van der Waals surface area contributed by atoms with Crippen LogP contribution in [0.4, 0.5) is 0 Å². The number of hydrogen-bond acceptors (Lipinski definition) is 4. The van der Waals surface area contributed by atoms with Crippen molar-refractivity contribution in [3.63, 3.8) is 0 Å². The molecule has 5 aromatic heterocycles. The van der Waals surface area contributed by atoms with Crippen LogP contribution >= 0.6 is 0 Å². The zero-order chi connectivity index (χ0) is 32.3. The van der Waals surface area contributed by atoms with Gasteiger partial charge in [0.2, 0.25) is 0 Å². The van der Waals surface area contributed by atoms with Gasteiger partial charge in [0, 0.05) is 69.0 Å². The Hall–Kier alpha value is -6.86. The van der Waals surface area contributed by atoms with E-state index < -0.39 is 0 Å². The maximum Gasteiger partial charge on any atom is 0.182 e. The van der Waals surface area contributed by atoms with Crippen molar-refractivity contribution in [1.29, 1.82) is 0 Å². The molecule has 230 valence electrons. The zero-order valence-electron chi connectivity index (χ0n) is 26.2. The summed E-state index contributed by atoms with van der Waals surface area (Å²) in [7, 11) is 0. The average molecular weight is 630 g/mol. The number of nitrogens with zero attached hydrogens (tertiary/aromatic N) is 7. The van der Waals surface area contributed by atoms with E-state index in [1.807, 2.05) is 35.0 Å². The minimum Gasteiger partial charge on any atom is -0.316 e. The summed E-state index contributed by atoms with van der Waals surface area (Å²) in [6.07, 6.45) is 7.63. The molecule has 0 atom stereocenters. The van der Waals surface area contributed by atoms with Crippen LogP contribution in [-0.4, -0.2) is 33.7 Å². The molecule has 0 bridgehead atoms. The molecule has 5 heterocycles. The van der Waals surface area contributed by atoms with E-state index in [9.17, 15) is 0 Å². The summed E-state index contributed by atoms with van der Waals surface area (Å²) < 4.78 is 6.49. The molecule has 7 heteroatoms. The standard InChI is InChI=1S/C42H27N7/c1-2-8-31(9-3-1)47-27-23-36-37(47)22-21-35-34-10-4-5-12-38(34)49(39(35)36)32-19-17-30(18-20-32)41-45-42-33(11-6-26-48(42)46-41)28-13-15-29(16-14-28)40-43-24-7-25-44-40/h1-27H. The number of fused-ring (bicyclic) bond motifs is 6. The number of benzene rings is 5. The predicted octanol–water partition coefficient (Wildman–Crippen LogP) is 9.56. The third-order valence-corrected chi connectivity index (χ3v) is 9.30. The summed E-state index contributed by atoms with van der Waals surface area (Å²) in [5.74, 6) is 1.38. The Balaban J connectivity index is 1.06. The maximum absolute atomic E-state index is 5.02. The number of aromatic nitrogens is 7. The third kappa shape index (κ3) is 4.37. The van der Waals surface area contributed by atoms with E-state index >= 15 is 0 Å². The molecule has 10 rings (SSSR count). The molecular formula is C42H27N7. The molecular weight excluding hydrogens is 603 g/mol. The van der Waals surface area contributed by atoms with Crippen molar-refractivity contribution in [3.05, 3.63) is 164 Å². The van der Waals surface area contributed by atoms with Gasteiger partial charge in [-0.2, -0.15) is 0 Å². The molecule has 0 saturated carbocycles. The lowest BCUT2D eigenvalue weighted by Crippen LogP contribution is -1.95. The largest absolute Gasteiger partial charge is 0.316 e. The summed E-state index contributed by atoms with van der Waals surface area (Å²) in [6, 6.07) is 48.6. The van der Waals surface area contributed by atoms with Gasteiger partial charge in [-0.3, -0.25) is 0 Å². The maximum atomic E-state index is 5.02. The molecule has 7 nitrogen and oxygen atoms in total. The first kappa shape index (κ1) is 27.3. The van der Waals surface area contributed by atoms with Gasteiger partial charge in [-0.15, -0.1) is 5.10 Å². The van der Waals surface area contributed by atoms with Crippen LogP contribution in [0, 0.1) is 0 Å². The van der Waals surface area contributed by atoms with Gasteiger partial charge in [-0.1, -0.05) is 66.7 Å². The molecule has 0 spiro atoms. The normalized spacial score (nSPS) is 11.7. The highest BCUT2D eigenvalue weighted by Gasteiger charge is 2.18. The first-order chi connectivity index (χ1) is 24.3. The van der Waals surface area contributed by atoms with Crippen molar-refractivity contribution < 1.29 is 0 Å². The van der Waals surface area contributed by atoms with Gasteiger partial charge < -0.3 is 9.13 Å². The summed E-state index contributed by atoms with van der Waals surface area (Å²) in [5, 5.41) is 8.55. The second kappa shape index (κ2) is 10.9. The highest BCUT2D eigenvalue weighted by Crippen LogP contribution is 2.38. The van der Waals surface area contributed by atoms with E-state index in [2.05, 4.69) is 141 Å². The molecule has 5 aromatic carbocycles. The Bertz CT molecular complexity index is 2790. The molecule has 0 unspecified atom stereocenters. The summed E-state index contributed by atoms with van der Waals surface area (Å²) in [6.45, 7) is 0. The average Bonchev–Trinajstić information content (AvgIpc) is 3.90. The second-order valence-corrected chi connectivity index (χ2v) is 12.1. The van der Waals surface area contributed by atoms with E-state index in [0.29, 0.717) is 11.6 Å². The van der Waals surface area contributed by atoms with E-state index in [-0.39, 0.29) is 0 Å². The molecule has 0 saturated heterocycles. The van der Waals surface area contributed by atoms with Crippen molar-refractivity contribution in [3.8, 4) is 45.3 Å². The Morgan fingerprint density at radius 2 is 1.18 bits per heavy atom. The van der Waals surface area contributed by atoms with E-state index in [1.54, 1.807) is 12.4 Å². The van der Waals surface area contributed by atoms with Crippen LogP contribution in [0.1, 0.15) is 0 Å². The summed E-state index contributed by atoms with van der Waals surface area (Å²) in [4.78, 5) is 13.8. The smallest absolute Gasteiger partial charge is 0.182 e. The Morgan fingerprint density at radius 3 is 2.02 bits per heavy atom. The van der Waals surface area contributed by atoms with Crippen LogP contribution in [0.5, 0.6) is 0 Å². The van der Waals surface area contributed by atoms with Gasteiger partial charge in [0.05, 0.1) is 16.6 Å². The first-order valence-electron chi connectivity index (χ1n) is 16.2. The van der Waals surface area contributed by atoms with Crippen molar-refractivity contribution in [2.75, 3.05) is 0 Å². The van der Waals surface area contributed by atoms with Gasteiger partial charge in [0.15, 0.2) is 17.3 Å². The fourth-order valence-corrected chi connectivity index (χ4v) is 7.02. The molecule has 0 amide bonds. The molecule has 0 aliphatic carbocycles. The summed E-state index contributed by atoms with van der Waals surface area (Å²) >= 11 is 0. The van der Waals surface area contributed by atoms with Crippen LogP contribution in [0.3, 0.4) is 0 Å². The van der Waals surface area contributed by atoms with Gasteiger partial charge >= 0.3 is 0 Å². The highest BCUT2D eigenvalue weighted by molar-refractivity contribution is 6.18. The molecule has 0 radical (unpaired) electrons. The van der Waals surface area contributed by atoms with Crippen LogP contribution in [0.2, 0.25) is 0 Å². The highest BCUT2D eigenvalue weighted by atomic mass is 15.3. The number of rotatable bonds is 5. The minimum absolute atomic E-state index is 0.679. The number of para-hydroxylation sites is 2. The van der Waals surface area contributed by atoms with Crippen LogP contribution < -0.4 is 0 Å². The Morgan fingerprint density at radius 1 is 0.449 bits per heavy atom. The van der Waals surface area contributed by atoms with Gasteiger partial charge in [-0.25, -0.2) is 19.5 Å². The van der Waals surface area contributed by atoms with Gasteiger partial charge in [-0.05, 0) is 78.4 Å². The summed E-state index contributed by atoms with van der Waals surface area (Å²) in [5.41, 5.74) is 10.6. The van der Waals surface area contributed by atoms with Crippen molar-refractivity contribution >= 4 is 38.4 Å². The number of pyridine rings is 1. The monoisotopic (exact) mass is 629 g/mol. The first-order valence-corrected chi connectivity index (χ1v) is 16.2. The van der Waals surface area contributed by atoms with Crippen LogP contribution in [0.15, 0.2) is 164 Å². The van der Waals surface area contributed by atoms with Gasteiger partial charge in [0.25, 0.3) is 0 Å². The minimum atomic E-state index is 0.679. The van der Waals surface area contributed by atoms with Crippen molar-refractivity contribution in [1.82, 2.24) is 33.7 Å². The SMILES string of the molecule is c1ccc(-n2ccc3c2ccc2c4ccccc4n(-c4ccc(-c5nc6c(-c7ccc(-c8ncccn8)cc7)cccn6n5)cc4)c23)cc1. The lowest BCUT2D eigenvalue weighted by Gasteiger charge is -2.10. The lowest BCUT2D eigenvalue weighted by molar-refractivity contribution is 0.966. The molecule has 49 heavy (non-hydrogen) atoms. The second-order valence-electron chi connectivity index (χ2n) is 12.1. The lowest BCUT2D eigenvalue weighted by atomic mass is 10.0. The van der Waals surface area contributed by atoms with Crippen molar-refractivity contribution in [2.45, 2.75) is 0 Å². The van der Waals surface area contributed by atoms with Crippen LogP contribution in [0.25, 0.3) is 83.6 Å². The van der Waals surface area contributed by atoms with Crippen molar-refractivity contribution in [2.24, 2.45) is 0 Å². The molecule has 0 aliphatic heterocycles. The van der Waals surface area contributed by atoms with Crippen LogP contribution in [-0.2, 0) is 0 Å². The number of hydrogen-bond donors (Lipinski definition) is 0. The van der Waals surface area contributed by atoms with E-state index in [1.165, 1.54) is 32.7 Å². The molecule has 10 aromatic rings. The Labute approximate surface area is 281 Å². The van der Waals surface area contributed by atoms with E-state index in [0.717, 1.165) is 39.3 Å². The quantitative estimate of drug-likeness (QED) is 0.190. The topological polar surface area (TPSA) is 65.8 Å². The fraction of sp³-hybridized carbons (Fsp3) is 0. The zero-order valence-corrected chi connectivity index (χ0v) is 26.2. The third-order valence-electron chi connectivity index (χ3n) is 9.30. The fourth-order valence-electron chi connectivity index (χ4n) is 7.02. The predicted molar refractivity (Wildman–Crippen MR) is 196 cm³/mol. The molecule has 0 fully saturated rings. The molecule has 0 aliphatic rings. The van der Waals surface area contributed by atoms with Gasteiger partial charge in [0.1, 0.15) is 0 Å². The Kier molecular flexibility index (Phi) is 6.04.